The van der Waals surface area contributed by atoms with Crippen LogP contribution in [0.3, 0.4) is 0 Å². The third-order valence-electron chi connectivity index (χ3n) is 3.56. The number of carbonyl (C=O) groups excluding carboxylic acids is 1. The summed E-state index contributed by atoms with van der Waals surface area (Å²) < 4.78 is 6.96. The highest BCUT2D eigenvalue weighted by Crippen LogP contribution is 2.20. The lowest BCUT2D eigenvalue weighted by Gasteiger charge is -2.10. The fourth-order valence-electron chi connectivity index (χ4n) is 2.33. The number of hydrogen-bond donors (Lipinski definition) is 2. The number of benzene rings is 1. The van der Waals surface area contributed by atoms with E-state index in [1.165, 1.54) is 19.2 Å². The van der Waals surface area contributed by atoms with Crippen molar-refractivity contribution in [1.29, 1.82) is 0 Å². The lowest BCUT2D eigenvalue weighted by molar-refractivity contribution is 0.0696. The summed E-state index contributed by atoms with van der Waals surface area (Å²) in [6, 6.07) is 4.71. The second-order valence-electron chi connectivity index (χ2n) is 5.33. The minimum atomic E-state index is -1.00. The average Bonchev–Trinajstić information content (AvgIpc) is 3.04. The number of amides is 1. The van der Waals surface area contributed by atoms with Crippen molar-refractivity contribution in [3.05, 3.63) is 47.3 Å². The summed E-state index contributed by atoms with van der Waals surface area (Å²) in [5.74, 6) is -0.685. The normalized spacial score (nSPS) is 10.4. The van der Waals surface area contributed by atoms with Crippen LogP contribution in [0.5, 0.6) is 5.75 Å². The quantitative estimate of drug-likeness (QED) is 0.771. The van der Waals surface area contributed by atoms with E-state index in [1.807, 2.05) is 6.92 Å². The molecule has 2 rings (SSSR count). The number of aryl methyl sites for hydroxylation is 1. The van der Waals surface area contributed by atoms with E-state index in [4.69, 9.17) is 9.84 Å². The van der Waals surface area contributed by atoms with Crippen molar-refractivity contribution in [3.8, 4) is 5.75 Å². The van der Waals surface area contributed by atoms with Gasteiger partial charge in [-0.1, -0.05) is 13.0 Å². The largest absolute Gasteiger partial charge is 0.496 e. The lowest BCUT2D eigenvalue weighted by Crippen LogP contribution is -2.25. The Labute approximate surface area is 140 Å². The summed E-state index contributed by atoms with van der Waals surface area (Å²) in [7, 11) is 1.49. The van der Waals surface area contributed by atoms with E-state index in [2.05, 4.69) is 10.4 Å². The first-order chi connectivity index (χ1) is 11.5. The van der Waals surface area contributed by atoms with Crippen molar-refractivity contribution >= 4 is 11.9 Å². The molecule has 0 bridgehead atoms. The number of aromatic carboxylic acids is 1. The molecule has 0 fully saturated rings. The first-order valence-corrected chi connectivity index (χ1v) is 7.76. The van der Waals surface area contributed by atoms with Crippen LogP contribution in [0.2, 0.25) is 0 Å². The van der Waals surface area contributed by atoms with E-state index >= 15 is 0 Å². The number of rotatable bonds is 8. The van der Waals surface area contributed by atoms with Gasteiger partial charge in [0.25, 0.3) is 5.91 Å². The van der Waals surface area contributed by atoms with Gasteiger partial charge in [-0.2, -0.15) is 5.10 Å². The average molecular weight is 331 g/mol. The molecule has 0 aliphatic carbocycles. The Morgan fingerprint density at radius 1 is 1.33 bits per heavy atom. The molecule has 0 spiro atoms. The monoisotopic (exact) mass is 331 g/mol. The Kier molecular flexibility index (Phi) is 5.95. The number of methoxy groups -OCH3 is 1. The van der Waals surface area contributed by atoms with Crippen LogP contribution in [-0.2, 0) is 13.0 Å². The minimum Gasteiger partial charge on any atom is -0.496 e. The molecular weight excluding hydrogens is 310 g/mol. The van der Waals surface area contributed by atoms with Gasteiger partial charge in [0.1, 0.15) is 5.75 Å². The van der Waals surface area contributed by atoms with Gasteiger partial charge in [0.2, 0.25) is 0 Å². The molecule has 1 amide bonds. The molecule has 1 aromatic carbocycles. The van der Waals surface area contributed by atoms with Crippen LogP contribution in [-0.4, -0.2) is 40.4 Å². The molecule has 7 nitrogen and oxygen atoms in total. The Hall–Kier alpha value is -2.83. The van der Waals surface area contributed by atoms with E-state index in [1.54, 1.807) is 23.1 Å². The molecule has 128 valence electrons. The first kappa shape index (κ1) is 17.5. The second kappa shape index (κ2) is 8.14. The summed E-state index contributed by atoms with van der Waals surface area (Å²) >= 11 is 0. The number of aromatic nitrogens is 2. The van der Waals surface area contributed by atoms with E-state index in [0.29, 0.717) is 24.3 Å². The molecule has 24 heavy (non-hydrogen) atoms. The van der Waals surface area contributed by atoms with Crippen molar-refractivity contribution < 1.29 is 19.4 Å². The molecule has 1 heterocycles. The first-order valence-electron chi connectivity index (χ1n) is 7.76. The summed E-state index contributed by atoms with van der Waals surface area (Å²) in [5.41, 5.74) is 1.53. The van der Waals surface area contributed by atoms with Gasteiger partial charge in [0.05, 0.1) is 24.4 Å². The molecule has 0 aliphatic heterocycles. The molecule has 1 aromatic heterocycles. The Morgan fingerprint density at radius 2 is 2.12 bits per heavy atom. The van der Waals surface area contributed by atoms with Crippen LogP contribution in [0.15, 0.2) is 30.6 Å². The summed E-state index contributed by atoms with van der Waals surface area (Å²) in [6.45, 7) is 3.24. The van der Waals surface area contributed by atoms with Crippen LogP contribution in [0.25, 0.3) is 0 Å². The maximum atomic E-state index is 12.1. The summed E-state index contributed by atoms with van der Waals surface area (Å²) in [5, 5.41) is 15.9. The fraction of sp³-hybridized carbons (Fsp3) is 0.353. The molecule has 2 aromatic rings. The molecule has 0 atom stereocenters. The predicted octanol–water partition coefficient (Wildman–Crippen LogP) is 1.97. The molecule has 0 radical (unpaired) electrons. The zero-order valence-electron chi connectivity index (χ0n) is 13.8. The standard InChI is InChI=1S/C17H21N3O4/c1-3-8-20-11-14(10-19-20)16(21)18-7-6-12-4-5-13(17(22)23)9-15(12)24-2/h4-5,9-11H,3,6-8H2,1-2H3,(H,18,21)(H,22,23). The van der Waals surface area contributed by atoms with Crippen LogP contribution in [0, 0.1) is 0 Å². The highest BCUT2D eigenvalue weighted by molar-refractivity contribution is 5.93. The fourth-order valence-corrected chi connectivity index (χ4v) is 2.33. The number of ether oxygens (including phenoxy) is 1. The van der Waals surface area contributed by atoms with Crippen LogP contribution in [0.1, 0.15) is 39.6 Å². The molecule has 2 N–H and O–H groups in total. The molecule has 0 aliphatic rings. The third kappa shape index (κ3) is 4.34. The molecule has 0 unspecified atom stereocenters. The molecule has 7 heteroatoms. The second-order valence-corrected chi connectivity index (χ2v) is 5.33. The number of carboxylic acids is 1. The van der Waals surface area contributed by atoms with Gasteiger partial charge in [-0.15, -0.1) is 0 Å². The predicted molar refractivity (Wildman–Crippen MR) is 88.5 cm³/mol. The zero-order chi connectivity index (χ0) is 17.5. The number of carbonyl (C=O) groups is 2. The summed E-state index contributed by atoms with van der Waals surface area (Å²) in [6.07, 6.45) is 4.76. The van der Waals surface area contributed by atoms with Gasteiger partial charge in [-0.05, 0) is 30.5 Å². The SMILES string of the molecule is CCCn1cc(C(=O)NCCc2ccc(C(=O)O)cc2OC)cn1. The van der Waals surface area contributed by atoms with Gasteiger partial charge in [0, 0.05) is 19.3 Å². The van der Waals surface area contributed by atoms with Gasteiger partial charge < -0.3 is 15.2 Å². The van der Waals surface area contributed by atoms with Crippen LogP contribution >= 0.6 is 0 Å². The van der Waals surface area contributed by atoms with Gasteiger partial charge in [-0.25, -0.2) is 4.79 Å². The Bertz CT molecular complexity index is 724. The van der Waals surface area contributed by atoms with Crippen LogP contribution < -0.4 is 10.1 Å². The topological polar surface area (TPSA) is 93.5 Å². The number of nitrogens with one attached hydrogen (secondary N) is 1. The van der Waals surface area contributed by atoms with Gasteiger partial charge in [0.15, 0.2) is 0 Å². The molecule has 0 saturated heterocycles. The van der Waals surface area contributed by atoms with E-state index in [0.717, 1.165) is 18.5 Å². The van der Waals surface area contributed by atoms with Crippen molar-refractivity contribution in [2.75, 3.05) is 13.7 Å². The van der Waals surface area contributed by atoms with E-state index in [-0.39, 0.29) is 11.5 Å². The van der Waals surface area contributed by atoms with Crippen LogP contribution in [0.4, 0.5) is 0 Å². The van der Waals surface area contributed by atoms with Crippen molar-refractivity contribution in [2.45, 2.75) is 26.3 Å². The van der Waals surface area contributed by atoms with E-state index < -0.39 is 5.97 Å². The zero-order valence-corrected chi connectivity index (χ0v) is 13.8. The number of hydrogen-bond acceptors (Lipinski definition) is 4. The molecule has 0 saturated carbocycles. The Balaban J connectivity index is 1.93. The van der Waals surface area contributed by atoms with Crippen molar-refractivity contribution in [3.63, 3.8) is 0 Å². The third-order valence-corrected chi connectivity index (χ3v) is 3.56. The maximum Gasteiger partial charge on any atom is 0.335 e. The summed E-state index contributed by atoms with van der Waals surface area (Å²) in [4.78, 5) is 23.0. The highest BCUT2D eigenvalue weighted by Gasteiger charge is 2.11. The lowest BCUT2D eigenvalue weighted by atomic mass is 10.1. The van der Waals surface area contributed by atoms with Gasteiger partial charge in [-0.3, -0.25) is 9.48 Å². The van der Waals surface area contributed by atoms with Crippen molar-refractivity contribution in [2.24, 2.45) is 0 Å². The molecular formula is C17H21N3O4. The Morgan fingerprint density at radius 3 is 2.79 bits per heavy atom. The minimum absolute atomic E-state index is 0.169. The van der Waals surface area contributed by atoms with Gasteiger partial charge >= 0.3 is 5.97 Å². The van der Waals surface area contributed by atoms with E-state index in [9.17, 15) is 9.59 Å². The van der Waals surface area contributed by atoms with Crippen molar-refractivity contribution in [1.82, 2.24) is 15.1 Å². The maximum absolute atomic E-state index is 12.1. The number of nitrogens with zero attached hydrogens (tertiary/aromatic N) is 2. The smallest absolute Gasteiger partial charge is 0.335 e. The number of carboxylic acid groups (broad SMARTS) is 1. The highest BCUT2D eigenvalue weighted by atomic mass is 16.5.